The van der Waals surface area contributed by atoms with Crippen molar-refractivity contribution >= 4 is 29.1 Å². The summed E-state index contributed by atoms with van der Waals surface area (Å²) in [5.41, 5.74) is 3.92. The van der Waals surface area contributed by atoms with Crippen molar-refractivity contribution in [1.29, 1.82) is 0 Å². The molecule has 0 N–H and O–H groups in total. The largest absolute Gasteiger partial charge is 0.367 e. The number of hydrogen-bond donors (Lipinski definition) is 0. The van der Waals surface area contributed by atoms with E-state index in [0.717, 1.165) is 11.1 Å². The number of halogens is 4. The maximum atomic E-state index is 15.5. The Morgan fingerprint density at radius 2 is 1.64 bits per heavy atom. The molecule has 0 aliphatic carbocycles. The van der Waals surface area contributed by atoms with Gasteiger partial charge in [-0.15, -0.1) is 0 Å². The molecule has 0 amide bonds. The van der Waals surface area contributed by atoms with Crippen molar-refractivity contribution in [2.75, 3.05) is 6.61 Å². The van der Waals surface area contributed by atoms with Gasteiger partial charge in [-0.2, -0.15) is 9.78 Å². The average molecular weight is 563 g/mol. The SMILES string of the molecule is Cc1cccc(-c2c(-c3cccc(Cl)c3F)c(-c3ccc(F)c(Cl)c3)nn2C(=O)COCc2ccccc2)c1. The van der Waals surface area contributed by atoms with Gasteiger partial charge in [0, 0.05) is 22.3 Å². The normalized spacial score (nSPS) is 11.1. The Labute approximate surface area is 234 Å². The zero-order valence-electron chi connectivity index (χ0n) is 20.8. The van der Waals surface area contributed by atoms with Crippen molar-refractivity contribution < 1.29 is 18.3 Å². The van der Waals surface area contributed by atoms with Crippen molar-refractivity contribution in [1.82, 2.24) is 9.78 Å². The van der Waals surface area contributed by atoms with Gasteiger partial charge in [0.05, 0.1) is 22.3 Å². The van der Waals surface area contributed by atoms with Crippen molar-refractivity contribution in [3.8, 4) is 33.6 Å². The number of carbonyl (C=O) groups excluding carboxylic acids is 1. The molecule has 0 unspecified atom stereocenters. The second-order valence-electron chi connectivity index (χ2n) is 8.96. The smallest absolute Gasteiger partial charge is 0.273 e. The highest BCUT2D eigenvalue weighted by molar-refractivity contribution is 6.31. The summed E-state index contributed by atoms with van der Waals surface area (Å²) in [5.74, 6) is -1.75. The summed E-state index contributed by atoms with van der Waals surface area (Å²) in [4.78, 5) is 13.6. The summed E-state index contributed by atoms with van der Waals surface area (Å²) >= 11 is 12.3. The van der Waals surface area contributed by atoms with E-state index in [1.165, 1.54) is 28.9 Å². The summed E-state index contributed by atoms with van der Waals surface area (Å²) in [6, 6.07) is 25.6. The number of aromatic nitrogens is 2. The Balaban J connectivity index is 1.71. The van der Waals surface area contributed by atoms with Gasteiger partial charge >= 0.3 is 0 Å². The number of rotatable bonds is 7. The highest BCUT2D eigenvalue weighted by Crippen LogP contribution is 2.43. The number of nitrogens with zero attached hydrogens (tertiary/aromatic N) is 2. The molecule has 4 nitrogen and oxygen atoms in total. The Bertz CT molecular complexity index is 1670. The summed E-state index contributed by atoms with van der Waals surface area (Å²) in [6.45, 7) is 1.86. The minimum absolute atomic E-state index is 0.0870. The van der Waals surface area contributed by atoms with E-state index in [2.05, 4.69) is 5.10 Å². The Morgan fingerprint density at radius 3 is 2.38 bits per heavy atom. The standard InChI is InChI=1S/C31H22Cl2F2N2O2/c1-19-7-5-10-22(15-19)31-28(23-11-6-12-24(32)29(23)35)30(21-13-14-26(34)25(33)16-21)36-37(31)27(38)18-39-17-20-8-3-2-4-9-20/h2-16H,17-18H2,1H3. The molecular formula is C31H22Cl2F2N2O2. The van der Waals surface area contributed by atoms with Crippen molar-refractivity contribution in [3.63, 3.8) is 0 Å². The van der Waals surface area contributed by atoms with Crippen LogP contribution in [-0.4, -0.2) is 22.3 Å². The Morgan fingerprint density at radius 1 is 0.872 bits per heavy atom. The lowest BCUT2D eigenvalue weighted by Crippen LogP contribution is -2.20. The van der Waals surface area contributed by atoms with Crippen molar-refractivity contribution in [2.45, 2.75) is 13.5 Å². The van der Waals surface area contributed by atoms with Crippen LogP contribution < -0.4 is 0 Å². The van der Waals surface area contributed by atoms with Crippen molar-refractivity contribution in [2.24, 2.45) is 0 Å². The van der Waals surface area contributed by atoms with E-state index in [9.17, 15) is 9.18 Å². The van der Waals surface area contributed by atoms with Gasteiger partial charge in [0.15, 0.2) is 0 Å². The van der Waals surface area contributed by atoms with Gasteiger partial charge in [-0.1, -0.05) is 89.4 Å². The molecule has 0 radical (unpaired) electrons. The molecule has 0 aliphatic rings. The van der Waals surface area contributed by atoms with E-state index in [-0.39, 0.29) is 34.5 Å². The first kappa shape index (κ1) is 26.8. The molecule has 39 heavy (non-hydrogen) atoms. The van der Waals surface area contributed by atoms with Crippen LogP contribution in [-0.2, 0) is 11.3 Å². The Kier molecular flexibility index (Phi) is 7.89. The summed E-state index contributed by atoms with van der Waals surface area (Å²) in [5, 5.41) is 4.41. The fourth-order valence-electron chi connectivity index (χ4n) is 4.35. The molecule has 5 rings (SSSR count). The van der Waals surface area contributed by atoms with Gasteiger partial charge < -0.3 is 4.74 Å². The van der Waals surface area contributed by atoms with Gasteiger partial charge in [-0.3, -0.25) is 4.79 Å². The molecule has 0 bridgehead atoms. The molecule has 0 aliphatic heterocycles. The summed E-state index contributed by atoms with van der Waals surface area (Å²) in [6.07, 6.45) is 0. The topological polar surface area (TPSA) is 44.1 Å². The molecule has 8 heteroatoms. The number of ether oxygens (including phenoxy) is 1. The maximum Gasteiger partial charge on any atom is 0.273 e. The van der Waals surface area contributed by atoms with Gasteiger partial charge in [-0.25, -0.2) is 8.78 Å². The first-order chi connectivity index (χ1) is 18.8. The van der Waals surface area contributed by atoms with Crippen LogP contribution in [0.15, 0.2) is 91.0 Å². The molecule has 1 heterocycles. The minimum Gasteiger partial charge on any atom is -0.367 e. The predicted octanol–water partition coefficient (Wildman–Crippen LogP) is 8.63. The van der Waals surface area contributed by atoms with E-state index in [4.69, 9.17) is 27.9 Å². The number of benzene rings is 4. The summed E-state index contributed by atoms with van der Waals surface area (Å²) < 4.78 is 36.5. The van der Waals surface area contributed by atoms with E-state index in [1.54, 1.807) is 12.1 Å². The van der Waals surface area contributed by atoms with Crippen LogP contribution in [0.25, 0.3) is 33.6 Å². The van der Waals surface area contributed by atoms with Crippen LogP contribution >= 0.6 is 23.2 Å². The van der Waals surface area contributed by atoms with Crippen LogP contribution in [0.5, 0.6) is 0 Å². The third-order valence-corrected chi connectivity index (χ3v) is 6.75. The average Bonchev–Trinajstić information content (AvgIpc) is 3.33. The lowest BCUT2D eigenvalue weighted by molar-refractivity contribution is 0.0630. The molecule has 4 aromatic carbocycles. The molecule has 0 fully saturated rings. The number of carbonyl (C=O) groups is 1. The van der Waals surface area contributed by atoms with Gasteiger partial charge in [0.25, 0.3) is 5.91 Å². The van der Waals surface area contributed by atoms with E-state index in [1.807, 2.05) is 61.5 Å². The molecular weight excluding hydrogens is 541 g/mol. The highest BCUT2D eigenvalue weighted by Gasteiger charge is 2.28. The number of hydrogen-bond acceptors (Lipinski definition) is 3. The van der Waals surface area contributed by atoms with E-state index < -0.39 is 17.5 Å². The zero-order chi connectivity index (χ0) is 27.5. The zero-order valence-corrected chi connectivity index (χ0v) is 22.3. The molecule has 5 aromatic rings. The van der Waals surface area contributed by atoms with E-state index in [0.29, 0.717) is 22.4 Å². The molecule has 0 saturated carbocycles. The molecule has 0 spiro atoms. The third kappa shape index (κ3) is 5.64. The lowest BCUT2D eigenvalue weighted by Gasteiger charge is -2.12. The van der Waals surface area contributed by atoms with Crippen LogP contribution in [0.3, 0.4) is 0 Å². The quantitative estimate of drug-likeness (QED) is 0.199. The van der Waals surface area contributed by atoms with Crippen LogP contribution in [0.1, 0.15) is 15.9 Å². The van der Waals surface area contributed by atoms with Crippen LogP contribution in [0.4, 0.5) is 8.78 Å². The second kappa shape index (κ2) is 11.5. The summed E-state index contributed by atoms with van der Waals surface area (Å²) in [7, 11) is 0. The van der Waals surface area contributed by atoms with Gasteiger partial charge in [0.1, 0.15) is 23.9 Å². The monoisotopic (exact) mass is 562 g/mol. The molecule has 196 valence electrons. The maximum absolute atomic E-state index is 15.5. The van der Waals surface area contributed by atoms with Gasteiger partial charge in [-0.05, 0) is 42.8 Å². The molecule has 1 aromatic heterocycles. The molecule has 0 atom stereocenters. The van der Waals surface area contributed by atoms with E-state index >= 15 is 4.39 Å². The first-order valence-corrected chi connectivity index (χ1v) is 12.8. The fraction of sp³-hybridized carbons (Fsp3) is 0.0968. The Hall–Kier alpha value is -3.84. The van der Waals surface area contributed by atoms with Crippen molar-refractivity contribution in [3.05, 3.63) is 124 Å². The second-order valence-corrected chi connectivity index (χ2v) is 9.77. The predicted molar refractivity (Wildman–Crippen MR) is 150 cm³/mol. The number of aryl methyl sites for hydroxylation is 1. The first-order valence-electron chi connectivity index (χ1n) is 12.1. The lowest BCUT2D eigenvalue weighted by atomic mass is 9.94. The van der Waals surface area contributed by atoms with Crippen LogP contribution in [0, 0.1) is 18.6 Å². The van der Waals surface area contributed by atoms with Crippen LogP contribution in [0.2, 0.25) is 10.0 Å². The highest BCUT2D eigenvalue weighted by atomic mass is 35.5. The fourth-order valence-corrected chi connectivity index (χ4v) is 4.70. The molecule has 0 saturated heterocycles. The van der Waals surface area contributed by atoms with Gasteiger partial charge in [0.2, 0.25) is 0 Å². The minimum atomic E-state index is -0.671. The third-order valence-electron chi connectivity index (χ3n) is 6.16.